The third-order valence-electron chi connectivity index (χ3n) is 2.91. The number of hydrogen-bond donors (Lipinski definition) is 1. The van der Waals surface area contributed by atoms with Gasteiger partial charge in [-0.3, -0.25) is 4.98 Å². The fourth-order valence-corrected chi connectivity index (χ4v) is 1.16. The molecule has 0 amide bonds. The van der Waals surface area contributed by atoms with Crippen LogP contribution in [0, 0.1) is 5.41 Å². The zero-order valence-electron chi connectivity index (χ0n) is 9.41. The number of aliphatic hydroxyl groups is 1. The quantitative estimate of drug-likeness (QED) is 0.782. The van der Waals surface area contributed by atoms with Crippen LogP contribution in [0.4, 0.5) is 0 Å². The van der Waals surface area contributed by atoms with Gasteiger partial charge in [-0.25, -0.2) is 0 Å². The summed E-state index contributed by atoms with van der Waals surface area (Å²) in [7, 11) is 0. The Morgan fingerprint density at radius 2 is 1.64 bits per heavy atom. The maximum absolute atomic E-state index is 10.3. The lowest BCUT2D eigenvalue weighted by atomic mass is 9.74. The molecule has 1 heterocycles. The van der Waals surface area contributed by atoms with Crippen molar-refractivity contribution in [3.05, 3.63) is 30.1 Å². The molecular weight excluding hydrogens is 174 g/mol. The van der Waals surface area contributed by atoms with Gasteiger partial charge in [0.05, 0.1) is 5.60 Å². The predicted molar refractivity (Wildman–Crippen MR) is 58.0 cm³/mol. The van der Waals surface area contributed by atoms with Crippen LogP contribution in [-0.4, -0.2) is 15.7 Å². The maximum Gasteiger partial charge on any atom is 0.0707 e. The molecule has 1 rings (SSSR count). The normalized spacial score (nSPS) is 16.4. The van der Waals surface area contributed by atoms with Crippen molar-refractivity contribution in [2.75, 3.05) is 0 Å². The van der Waals surface area contributed by atoms with Crippen molar-refractivity contribution >= 4 is 0 Å². The molecule has 0 aliphatic carbocycles. The number of nitrogens with zero attached hydrogens (tertiary/aromatic N) is 1. The van der Waals surface area contributed by atoms with Gasteiger partial charge < -0.3 is 5.11 Å². The van der Waals surface area contributed by atoms with Crippen LogP contribution in [0.15, 0.2) is 24.5 Å². The summed E-state index contributed by atoms with van der Waals surface area (Å²) < 4.78 is 0. The monoisotopic (exact) mass is 193 g/mol. The Labute approximate surface area is 86.0 Å². The molecule has 0 saturated carbocycles. The van der Waals surface area contributed by atoms with E-state index < -0.39 is 5.60 Å². The smallest absolute Gasteiger partial charge is 0.0707 e. The second kappa shape index (κ2) is 3.70. The molecule has 0 fully saturated rings. The second-order valence-electron chi connectivity index (χ2n) is 5.06. The first-order chi connectivity index (χ1) is 6.33. The summed E-state index contributed by atoms with van der Waals surface area (Å²) in [5.41, 5.74) is 0.324. The van der Waals surface area contributed by atoms with Crippen molar-refractivity contribution in [2.45, 2.75) is 39.7 Å². The second-order valence-corrected chi connectivity index (χ2v) is 5.06. The largest absolute Gasteiger partial charge is 0.389 e. The highest BCUT2D eigenvalue weighted by atomic mass is 16.3. The van der Waals surface area contributed by atoms with Crippen LogP contribution < -0.4 is 0 Å². The Hall–Kier alpha value is -0.890. The molecule has 0 aromatic carbocycles. The summed E-state index contributed by atoms with van der Waals surface area (Å²) in [4.78, 5) is 3.96. The molecule has 1 aromatic heterocycles. The standard InChI is InChI=1S/C12H19NO/c1-11(2,3)12(4,14)9-10-5-7-13-8-6-10/h5-8,14H,9H2,1-4H3. The van der Waals surface area contributed by atoms with E-state index in [-0.39, 0.29) is 5.41 Å². The van der Waals surface area contributed by atoms with E-state index >= 15 is 0 Å². The van der Waals surface area contributed by atoms with Crippen molar-refractivity contribution < 1.29 is 5.11 Å². The minimum atomic E-state index is -0.686. The van der Waals surface area contributed by atoms with Crippen LogP contribution in [0.25, 0.3) is 0 Å². The Balaban J connectivity index is 2.79. The van der Waals surface area contributed by atoms with E-state index in [4.69, 9.17) is 0 Å². The first-order valence-electron chi connectivity index (χ1n) is 4.94. The van der Waals surface area contributed by atoms with E-state index in [9.17, 15) is 5.11 Å². The number of rotatable bonds is 2. The molecule has 78 valence electrons. The van der Waals surface area contributed by atoms with E-state index in [2.05, 4.69) is 4.98 Å². The lowest BCUT2D eigenvalue weighted by Crippen LogP contribution is -2.41. The molecule has 2 heteroatoms. The third kappa shape index (κ3) is 2.55. The Morgan fingerprint density at radius 1 is 1.14 bits per heavy atom. The van der Waals surface area contributed by atoms with Gasteiger partial charge in [-0.2, -0.15) is 0 Å². The molecule has 0 bridgehead atoms. The van der Waals surface area contributed by atoms with E-state index in [1.54, 1.807) is 12.4 Å². The first-order valence-corrected chi connectivity index (χ1v) is 4.94. The zero-order valence-corrected chi connectivity index (χ0v) is 9.41. The van der Waals surface area contributed by atoms with Crippen molar-refractivity contribution in [1.82, 2.24) is 4.98 Å². The summed E-state index contributed by atoms with van der Waals surface area (Å²) >= 11 is 0. The molecule has 1 aromatic rings. The molecule has 0 spiro atoms. The van der Waals surface area contributed by atoms with Crippen LogP contribution in [0.1, 0.15) is 33.3 Å². The van der Waals surface area contributed by atoms with Crippen molar-refractivity contribution in [2.24, 2.45) is 5.41 Å². The number of aromatic nitrogens is 1. The SMILES string of the molecule is CC(C)(C)C(C)(O)Cc1ccncc1. The lowest BCUT2D eigenvalue weighted by molar-refractivity contribution is -0.0405. The van der Waals surface area contributed by atoms with Crippen LogP contribution >= 0.6 is 0 Å². The molecule has 2 nitrogen and oxygen atoms in total. The highest BCUT2D eigenvalue weighted by Gasteiger charge is 2.34. The Bertz CT molecular complexity index is 285. The molecule has 0 saturated heterocycles. The van der Waals surface area contributed by atoms with Gasteiger partial charge in [0.25, 0.3) is 0 Å². The summed E-state index contributed by atoms with van der Waals surface area (Å²) in [5.74, 6) is 0. The van der Waals surface area contributed by atoms with Crippen LogP contribution in [0.3, 0.4) is 0 Å². The lowest BCUT2D eigenvalue weighted by Gasteiger charge is -2.37. The molecule has 0 radical (unpaired) electrons. The Kier molecular flexibility index (Phi) is 2.95. The van der Waals surface area contributed by atoms with E-state index in [1.165, 1.54) is 0 Å². The van der Waals surface area contributed by atoms with Crippen LogP contribution in [0.5, 0.6) is 0 Å². The summed E-state index contributed by atoms with van der Waals surface area (Å²) in [6, 6.07) is 3.89. The third-order valence-corrected chi connectivity index (χ3v) is 2.91. The topological polar surface area (TPSA) is 33.1 Å². The molecule has 1 unspecified atom stereocenters. The summed E-state index contributed by atoms with van der Waals surface area (Å²) in [6.45, 7) is 8.03. The molecule has 14 heavy (non-hydrogen) atoms. The van der Waals surface area contributed by atoms with Crippen LogP contribution in [-0.2, 0) is 6.42 Å². The highest BCUT2D eigenvalue weighted by Crippen LogP contribution is 2.32. The molecule has 0 aliphatic rings. The van der Waals surface area contributed by atoms with Gasteiger partial charge in [0, 0.05) is 18.8 Å². The van der Waals surface area contributed by atoms with Crippen LogP contribution in [0.2, 0.25) is 0 Å². The molecular formula is C12H19NO. The Morgan fingerprint density at radius 3 is 2.07 bits per heavy atom. The van der Waals surface area contributed by atoms with Gasteiger partial charge in [-0.05, 0) is 30.0 Å². The molecule has 1 N–H and O–H groups in total. The minimum absolute atomic E-state index is 0.115. The maximum atomic E-state index is 10.3. The minimum Gasteiger partial charge on any atom is -0.389 e. The van der Waals surface area contributed by atoms with E-state index in [0.717, 1.165) is 5.56 Å². The average Bonchev–Trinajstić information content (AvgIpc) is 2.03. The van der Waals surface area contributed by atoms with Gasteiger partial charge >= 0.3 is 0 Å². The fourth-order valence-electron chi connectivity index (χ4n) is 1.16. The first kappa shape index (κ1) is 11.2. The predicted octanol–water partition coefficient (Wildman–Crippen LogP) is 2.42. The summed E-state index contributed by atoms with van der Waals surface area (Å²) in [6.07, 6.45) is 4.18. The molecule has 0 aliphatic heterocycles. The van der Waals surface area contributed by atoms with E-state index in [0.29, 0.717) is 6.42 Å². The molecule has 1 atom stereocenters. The van der Waals surface area contributed by atoms with Gasteiger partial charge in [0.1, 0.15) is 0 Å². The van der Waals surface area contributed by atoms with Gasteiger partial charge in [0.15, 0.2) is 0 Å². The highest BCUT2D eigenvalue weighted by molar-refractivity contribution is 5.13. The fraction of sp³-hybridized carbons (Fsp3) is 0.583. The van der Waals surface area contributed by atoms with Gasteiger partial charge in [-0.15, -0.1) is 0 Å². The van der Waals surface area contributed by atoms with Crippen molar-refractivity contribution in [3.63, 3.8) is 0 Å². The number of pyridine rings is 1. The van der Waals surface area contributed by atoms with Crippen molar-refractivity contribution in [1.29, 1.82) is 0 Å². The van der Waals surface area contributed by atoms with Gasteiger partial charge in [0.2, 0.25) is 0 Å². The zero-order chi connectivity index (χ0) is 10.8. The van der Waals surface area contributed by atoms with E-state index in [1.807, 2.05) is 39.8 Å². The summed E-state index contributed by atoms with van der Waals surface area (Å²) in [5, 5.41) is 10.3. The number of hydrogen-bond acceptors (Lipinski definition) is 2. The van der Waals surface area contributed by atoms with Gasteiger partial charge in [-0.1, -0.05) is 20.8 Å². The average molecular weight is 193 g/mol. The van der Waals surface area contributed by atoms with Crippen molar-refractivity contribution in [3.8, 4) is 0 Å².